The number of hydrogen-bond donors (Lipinski definition) is 1. The van der Waals surface area contributed by atoms with E-state index in [1.54, 1.807) is 0 Å². The Labute approximate surface area is 79.8 Å². The highest BCUT2D eigenvalue weighted by Gasteiger charge is 2.22. The molecule has 0 unspecified atom stereocenters. The first kappa shape index (κ1) is 10.3. The minimum atomic E-state index is 0.139. The van der Waals surface area contributed by atoms with Crippen LogP contribution in [0.1, 0.15) is 19.8 Å². The van der Waals surface area contributed by atoms with E-state index in [9.17, 15) is 4.79 Å². The predicted octanol–water partition coefficient (Wildman–Crippen LogP) is 0.978. The summed E-state index contributed by atoms with van der Waals surface area (Å²) in [5.41, 5.74) is 0.740. The summed E-state index contributed by atoms with van der Waals surface area (Å²) in [4.78, 5) is 13.8. The molecule has 1 aliphatic heterocycles. The average molecular weight is 182 g/mol. The van der Waals surface area contributed by atoms with Crippen LogP contribution in [-0.4, -0.2) is 30.9 Å². The van der Waals surface area contributed by atoms with Gasteiger partial charge in [-0.3, -0.25) is 4.79 Å². The molecule has 0 aromatic heterocycles. The van der Waals surface area contributed by atoms with Gasteiger partial charge in [0.2, 0.25) is 5.91 Å². The molecule has 0 radical (unpaired) electrons. The first-order valence-electron chi connectivity index (χ1n) is 4.74. The molecule has 0 spiro atoms. The maximum Gasteiger partial charge on any atom is 0.227 e. The van der Waals surface area contributed by atoms with Crippen LogP contribution >= 0.6 is 0 Å². The first-order valence-corrected chi connectivity index (χ1v) is 4.74. The Morgan fingerprint density at radius 1 is 1.46 bits per heavy atom. The zero-order valence-electron chi connectivity index (χ0n) is 8.47. The van der Waals surface area contributed by atoms with Gasteiger partial charge >= 0.3 is 0 Å². The maximum atomic E-state index is 11.5. The van der Waals surface area contributed by atoms with E-state index < -0.39 is 0 Å². The van der Waals surface area contributed by atoms with Crippen molar-refractivity contribution < 1.29 is 4.79 Å². The summed E-state index contributed by atoms with van der Waals surface area (Å²) in [7, 11) is 2.09. The van der Waals surface area contributed by atoms with Crippen molar-refractivity contribution in [1.29, 1.82) is 0 Å². The van der Waals surface area contributed by atoms with Crippen LogP contribution in [0.5, 0.6) is 0 Å². The van der Waals surface area contributed by atoms with E-state index >= 15 is 0 Å². The van der Waals surface area contributed by atoms with Crippen LogP contribution in [0.25, 0.3) is 0 Å². The van der Waals surface area contributed by atoms with E-state index in [1.807, 2.05) is 6.92 Å². The quantitative estimate of drug-likeness (QED) is 0.690. The maximum absolute atomic E-state index is 11.5. The molecule has 13 heavy (non-hydrogen) atoms. The fourth-order valence-corrected chi connectivity index (χ4v) is 1.58. The monoisotopic (exact) mass is 182 g/mol. The Bertz CT molecular complexity index is 205. The molecule has 0 bridgehead atoms. The summed E-state index contributed by atoms with van der Waals surface area (Å²) < 4.78 is 0. The lowest BCUT2D eigenvalue weighted by molar-refractivity contribution is -0.125. The van der Waals surface area contributed by atoms with Gasteiger partial charge in [-0.05, 0) is 39.9 Å². The van der Waals surface area contributed by atoms with Gasteiger partial charge in [0.05, 0.1) is 0 Å². The van der Waals surface area contributed by atoms with Crippen molar-refractivity contribution in [3.63, 3.8) is 0 Å². The van der Waals surface area contributed by atoms with Crippen LogP contribution in [0.4, 0.5) is 0 Å². The number of hydrogen-bond acceptors (Lipinski definition) is 2. The average Bonchev–Trinajstić information content (AvgIpc) is 2.04. The first-order chi connectivity index (χ1) is 6.09. The van der Waals surface area contributed by atoms with Gasteiger partial charge in [0.1, 0.15) is 0 Å². The van der Waals surface area contributed by atoms with Crippen LogP contribution in [0.2, 0.25) is 0 Å². The number of piperidine rings is 1. The summed E-state index contributed by atoms with van der Waals surface area (Å²) in [6.45, 7) is 7.52. The third kappa shape index (κ3) is 3.19. The predicted molar refractivity (Wildman–Crippen MR) is 53.2 cm³/mol. The third-order valence-corrected chi connectivity index (χ3v) is 2.43. The van der Waals surface area contributed by atoms with Crippen LogP contribution < -0.4 is 5.32 Å². The molecule has 1 heterocycles. The summed E-state index contributed by atoms with van der Waals surface area (Å²) in [6.07, 6.45) is 1.94. The van der Waals surface area contributed by atoms with Gasteiger partial charge in [0, 0.05) is 11.6 Å². The van der Waals surface area contributed by atoms with Gasteiger partial charge in [0.15, 0.2) is 0 Å². The fraction of sp³-hybridized carbons (Fsp3) is 0.700. The summed E-state index contributed by atoms with van der Waals surface area (Å²) in [5, 5.41) is 2.78. The Hall–Kier alpha value is -0.830. The zero-order chi connectivity index (χ0) is 9.84. The number of nitrogens with zero attached hydrogens (tertiary/aromatic N) is 1. The Morgan fingerprint density at radius 3 is 2.46 bits per heavy atom. The van der Waals surface area contributed by atoms with Crippen LogP contribution in [0.15, 0.2) is 12.3 Å². The van der Waals surface area contributed by atoms with Gasteiger partial charge in [-0.15, -0.1) is 0 Å². The summed E-state index contributed by atoms with van der Waals surface area (Å²) in [5.74, 6) is 0.327. The molecule has 0 aliphatic carbocycles. The van der Waals surface area contributed by atoms with Gasteiger partial charge in [0.25, 0.3) is 0 Å². The second-order valence-corrected chi connectivity index (χ2v) is 3.85. The fourth-order valence-electron chi connectivity index (χ4n) is 1.58. The molecule has 1 aliphatic rings. The van der Waals surface area contributed by atoms with Gasteiger partial charge < -0.3 is 10.2 Å². The second-order valence-electron chi connectivity index (χ2n) is 3.85. The Kier molecular flexibility index (Phi) is 3.48. The number of likely N-dealkylation sites (tertiary alicyclic amines) is 1. The van der Waals surface area contributed by atoms with Crippen LogP contribution in [0, 0.1) is 5.92 Å². The molecule has 3 nitrogen and oxygen atoms in total. The minimum Gasteiger partial charge on any atom is -0.330 e. The van der Waals surface area contributed by atoms with Crippen LogP contribution in [-0.2, 0) is 4.79 Å². The largest absolute Gasteiger partial charge is 0.330 e. The molecular formula is C10H18N2O. The molecule has 1 saturated heterocycles. The molecule has 74 valence electrons. The molecule has 0 atom stereocenters. The molecular weight excluding hydrogens is 164 g/mol. The van der Waals surface area contributed by atoms with Crippen molar-refractivity contribution in [2.75, 3.05) is 20.1 Å². The molecule has 0 saturated carbocycles. The lowest BCUT2D eigenvalue weighted by Crippen LogP contribution is -2.38. The van der Waals surface area contributed by atoms with Crippen molar-refractivity contribution in [1.82, 2.24) is 10.2 Å². The highest BCUT2D eigenvalue weighted by Crippen LogP contribution is 2.15. The standard InChI is InChI=1S/C10H18N2O/c1-8(2)11-10(13)9-4-6-12(3)7-5-9/h9H,1,4-7H2,2-3H3,(H,11,13). The van der Waals surface area contributed by atoms with Gasteiger partial charge in [-0.2, -0.15) is 0 Å². The number of carbonyl (C=O) groups is 1. The minimum absolute atomic E-state index is 0.139. The van der Waals surface area contributed by atoms with Crippen molar-refractivity contribution in [3.8, 4) is 0 Å². The topological polar surface area (TPSA) is 32.3 Å². The lowest BCUT2D eigenvalue weighted by Gasteiger charge is -2.27. The van der Waals surface area contributed by atoms with E-state index in [0.717, 1.165) is 31.6 Å². The summed E-state index contributed by atoms with van der Waals surface area (Å²) >= 11 is 0. The van der Waals surface area contributed by atoms with E-state index in [2.05, 4.69) is 23.8 Å². The number of amides is 1. The highest BCUT2D eigenvalue weighted by atomic mass is 16.1. The number of carbonyl (C=O) groups excluding carboxylic acids is 1. The Balaban J connectivity index is 2.36. The molecule has 1 fully saturated rings. The smallest absolute Gasteiger partial charge is 0.227 e. The molecule has 0 aromatic rings. The van der Waals surface area contributed by atoms with Crippen molar-refractivity contribution >= 4 is 5.91 Å². The lowest BCUT2D eigenvalue weighted by atomic mass is 9.96. The Morgan fingerprint density at radius 2 is 2.00 bits per heavy atom. The molecule has 1 rings (SSSR count). The van der Waals surface area contributed by atoms with Crippen LogP contribution in [0.3, 0.4) is 0 Å². The zero-order valence-corrected chi connectivity index (χ0v) is 8.47. The number of rotatable bonds is 2. The van der Waals surface area contributed by atoms with E-state index in [-0.39, 0.29) is 11.8 Å². The normalized spacial score (nSPS) is 19.8. The van der Waals surface area contributed by atoms with Crippen molar-refractivity contribution in [2.45, 2.75) is 19.8 Å². The van der Waals surface area contributed by atoms with Gasteiger partial charge in [-0.25, -0.2) is 0 Å². The summed E-state index contributed by atoms with van der Waals surface area (Å²) in [6, 6.07) is 0. The molecule has 0 aromatic carbocycles. The number of allylic oxidation sites excluding steroid dienone is 1. The third-order valence-electron chi connectivity index (χ3n) is 2.43. The van der Waals surface area contributed by atoms with E-state index in [4.69, 9.17) is 0 Å². The van der Waals surface area contributed by atoms with Crippen molar-refractivity contribution in [3.05, 3.63) is 12.3 Å². The van der Waals surface area contributed by atoms with Crippen molar-refractivity contribution in [2.24, 2.45) is 5.92 Å². The number of nitrogens with one attached hydrogen (secondary N) is 1. The molecule has 3 heteroatoms. The highest BCUT2D eigenvalue weighted by molar-refractivity contribution is 5.80. The van der Waals surface area contributed by atoms with E-state index in [0.29, 0.717) is 0 Å². The molecule has 1 N–H and O–H groups in total. The second kappa shape index (κ2) is 4.42. The molecule has 1 amide bonds. The SMILES string of the molecule is C=C(C)NC(=O)C1CCN(C)CC1. The van der Waals surface area contributed by atoms with Gasteiger partial charge in [-0.1, -0.05) is 6.58 Å². The van der Waals surface area contributed by atoms with E-state index in [1.165, 1.54) is 0 Å².